The van der Waals surface area contributed by atoms with E-state index in [2.05, 4.69) is 38.3 Å². The van der Waals surface area contributed by atoms with Crippen LogP contribution in [0.3, 0.4) is 0 Å². The SMILES string of the molecule is C=CN=C(CCCCc1cccc(F)c1)C(/C(=C\C)C1CCC1)=C(\C)N1CCN(C(=O)OC(C)(C)C)C[C@@H]1C. The zero-order valence-corrected chi connectivity index (χ0v) is 24.9. The van der Waals surface area contributed by atoms with Crippen LogP contribution in [0.4, 0.5) is 9.18 Å². The van der Waals surface area contributed by atoms with Crippen molar-refractivity contribution in [3.63, 3.8) is 0 Å². The van der Waals surface area contributed by atoms with E-state index in [0.717, 1.165) is 43.5 Å². The number of allylic oxidation sites excluding steroid dienone is 4. The van der Waals surface area contributed by atoms with E-state index < -0.39 is 5.60 Å². The molecule has 1 amide bonds. The number of rotatable bonds is 10. The fraction of sp³-hybridized carbons (Fsp3) is 0.576. The van der Waals surface area contributed by atoms with Gasteiger partial charge in [-0.3, -0.25) is 4.99 Å². The van der Waals surface area contributed by atoms with Gasteiger partial charge in [-0.2, -0.15) is 0 Å². The molecule has 1 aromatic carbocycles. The summed E-state index contributed by atoms with van der Waals surface area (Å²) in [5.74, 6) is 0.377. The van der Waals surface area contributed by atoms with Gasteiger partial charge < -0.3 is 14.5 Å². The first-order chi connectivity index (χ1) is 18.5. The van der Waals surface area contributed by atoms with E-state index in [0.29, 0.717) is 19.0 Å². The summed E-state index contributed by atoms with van der Waals surface area (Å²) >= 11 is 0. The minimum atomic E-state index is -0.505. The summed E-state index contributed by atoms with van der Waals surface area (Å²) in [5, 5.41) is 0. The molecule has 0 N–H and O–H groups in total. The van der Waals surface area contributed by atoms with Gasteiger partial charge in [-0.05, 0) is 109 Å². The van der Waals surface area contributed by atoms with Gasteiger partial charge in [0.15, 0.2) is 0 Å². The Kier molecular flexibility index (Phi) is 11.0. The topological polar surface area (TPSA) is 45.1 Å². The Morgan fingerprint density at radius 1 is 1.23 bits per heavy atom. The van der Waals surface area contributed by atoms with Crippen molar-refractivity contribution >= 4 is 11.8 Å². The molecule has 2 aliphatic rings. The third kappa shape index (κ3) is 8.55. The summed E-state index contributed by atoms with van der Waals surface area (Å²) in [6.07, 6.45) is 11.0. The van der Waals surface area contributed by atoms with Crippen LogP contribution in [0.25, 0.3) is 0 Å². The fourth-order valence-corrected chi connectivity index (χ4v) is 5.66. The first kappa shape index (κ1) is 30.6. The Hall–Kier alpha value is -2.89. The predicted molar refractivity (Wildman–Crippen MR) is 159 cm³/mol. The monoisotopic (exact) mass is 537 g/mol. The molecule has 0 bridgehead atoms. The van der Waals surface area contributed by atoms with Crippen molar-refractivity contribution in [3.05, 3.63) is 71.3 Å². The summed E-state index contributed by atoms with van der Waals surface area (Å²) in [7, 11) is 0. The van der Waals surface area contributed by atoms with Gasteiger partial charge in [-0.1, -0.05) is 31.2 Å². The van der Waals surface area contributed by atoms with Gasteiger partial charge in [-0.25, -0.2) is 9.18 Å². The number of unbranched alkanes of at least 4 members (excludes halogenated alkanes) is 1. The molecular formula is C33H48FN3O2. The summed E-state index contributed by atoms with van der Waals surface area (Å²) < 4.78 is 19.3. The number of aryl methyl sites for hydroxylation is 1. The molecule has 0 aromatic heterocycles. The Labute approximate surface area is 235 Å². The van der Waals surface area contributed by atoms with Crippen molar-refractivity contribution in [3.8, 4) is 0 Å². The van der Waals surface area contributed by atoms with Gasteiger partial charge in [0.1, 0.15) is 11.4 Å². The van der Waals surface area contributed by atoms with Crippen molar-refractivity contribution in [2.45, 2.75) is 98.1 Å². The van der Waals surface area contributed by atoms with Gasteiger partial charge in [-0.15, -0.1) is 0 Å². The fourth-order valence-electron chi connectivity index (χ4n) is 5.66. The number of piperazine rings is 1. The summed E-state index contributed by atoms with van der Waals surface area (Å²) in [4.78, 5) is 21.8. The molecule has 1 aliphatic heterocycles. The second-order valence-electron chi connectivity index (χ2n) is 11.9. The van der Waals surface area contributed by atoms with E-state index in [-0.39, 0.29) is 18.0 Å². The number of halogens is 1. The largest absolute Gasteiger partial charge is 0.444 e. The lowest BCUT2D eigenvalue weighted by Crippen LogP contribution is -2.54. The van der Waals surface area contributed by atoms with E-state index in [4.69, 9.17) is 9.73 Å². The number of hydrogen-bond donors (Lipinski definition) is 0. The van der Waals surface area contributed by atoms with Crippen LogP contribution in [-0.2, 0) is 11.2 Å². The maximum Gasteiger partial charge on any atom is 0.410 e. The number of ether oxygens (including phenoxy) is 1. The van der Waals surface area contributed by atoms with Crippen molar-refractivity contribution in [1.82, 2.24) is 9.80 Å². The molecule has 1 atom stereocenters. The molecule has 1 saturated carbocycles. The summed E-state index contributed by atoms with van der Waals surface area (Å²) in [6.45, 7) is 18.2. The van der Waals surface area contributed by atoms with E-state index in [1.165, 1.54) is 42.2 Å². The predicted octanol–water partition coefficient (Wildman–Crippen LogP) is 8.08. The van der Waals surface area contributed by atoms with Crippen LogP contribution in [0.5, 0.6) is 0 Å². The van der Waals surface area contributed by atoms with Crippen LogP contribution in [-0.4, -0.2) is 52.9 Å². The van der Waals surface area contributed by atoms with Gasteiger partial charge in [0.05, 0.1) is 0 Å². The van der Waals surface area contributed by atoms with Crippen LogP contribution >= 0.6 is 0 Å². The number of hydrogen-bond acceptors (Lipinski definition) is 4. The van der Waals surface area contributed by atoms with Gasteiger partial charge in [0, 0.05) is 48.9 Å². The average Bonchev–Trinajstić information content (AvgIpc) is 2.83. The average molecular weight is 538 g/mol. The van der Waals surface area contributed by atoms with Crippen LogP contribution in [0.15, 0.2) is 65.0 Å². The van der Waals surface area contributed by atoms with Crippen LogP contribution in [0, 0.1) is 11.7 Å². The Morgan fingerprint density at radius 2 is 1.97 bits per heavy atom. The van der Waals surface area contributed by atoms with E-state index in [1.54, 1.807) is 18.3 Å². The first-order valence-corrected chi connectivity index (χ1v) is 14.6. The van der Waals surface area contributed by atoms with Crippen molar-refractivity contribution in [2.24, 2.45) is 10.9 Å². The lowest BCUT2D eigenvalue weighted by molar-refractivity contribution is 0.0101. The standard InChI is InChI=1S/C33H48FN3O2/c1-8-29(27-16-13-17-27)31(30(35-9-2)19-11-10-14-26-15-12-18-28(34)22-26)25(4)37-21-20-36(23-24(37)3)32(38)39-33(5,6)7/h8-9,12,15,18,22,24,27H,2,10-11,13-14,16-17,19-21,23H2,1,3-7H3/b29-8-,31-25+,35-30?/t24-/m0/s1. The smallest absolute Gasteiger partial charge is 0.410 e. The summed E-state index contributed by atoms with van der Waals surface area (Å²) in [6, 6.07) is 7.04. The Balaban J connectivity index is 1.81. The van der Waals surface area contributed by atoms with Gasteiger partial charge in [0.2, 0.25) is 0 Å². The lowest BCUT2D eigenvalue weighted by Gasteiger charge is -2.43. The van der Waals surface area contributed by atoms with E-state index >= 15 is 0 Å². The second kappa shape index (κ2) is 14.0. The molecule has 1 aliphatic carbocycles. The lowest BCUT2D eigenvalue weighted by atomic mass is 9.74. The van der Waals surface area contributed by atoms with E-state index in [1.807, 2.05) is 31.7 Å². The number of amides is 1. The number of carbonyl (C=O) groups excluding carboxylic acids is 1. The zero-order valence-electron chi connectivity index (χ0n) is 24.9. The third-order valence-electron chi connectivity index (χ3n) is 7.77. The molecule has 1 saturated heterocycles. The molecule has 0 unspecified atom stereocenters. The molecule has 1 aromatic rings. The molecule has 6 heteroatoms. The zero-order chi connectivity index (χ0) is 28.6. The second-order valence-corrected chi connectivity index (χ2v) is 11.9. The highest BCUT2D eigenvalue weighted by molar-refractivity contribution is 6.05. The first-order valence-electron chi connectivity index (χ1n) is 14.6. The molecule has 0 radical (unpaired) electrons. The number of carbonyl (C=O) groups is 1. The number of benzene rings is 1. The molecule has 39 heavy (non-hydrogen) atoms. The van der Waals surface area contributed by atoms with E-state index in [9.17, 15) is 9.18 Å². The highest BCUT2D eigenvalue weighted by atomic mass is 19.1. The Bertz CT molecular complexity index is 1090. The minimum Gasteiger partial charge on any atom is -0.444 e. The molecule has 1 heterocycles. The van der Waals surface area contributed by atoms with Crippen LogP contribution < -0.4 is 0 Å². The quantitative estimate of drug-likeness (QED) is 0.172. The summed E-state index contributed by atoms with van der Waals surface area (Å²) in [5.41, 5.74) is 5.44. The van der Waals surface area contributed by atoms with Crippen LogP contribution in [0.2, 0.25) is 0 Å². The maximum absolute atomic E-state index is 13.6. The highest BCUT2D eigenvalue weighted by Gasteiger charge is 2.33. The molecule has 3 rings (SSSR count). The maximum atomic E-state index is 13.6. The Morgan fingerprint density at radius 3 is 2.54 bits per heavy atom. The van der Waals surface area contributed by atoms with Crippen molar-refractivity contribution in [2.75, 3.05) is 19.6 Å². The van der Waals surface area contributed by atoms with Gasteiger partial charge in [0.25, 0.3) is 0 Å². The molecule has 2 fully saturated rings. The molecule has 5 nitrogen and oxygen atoms in total. The van der Waals surface area contributed by atoms with Gasteiger partial charge >= 0.3 is 6.09 Å². The molecule has 214 valence electrons. The van der Waals surface area contributed by atoms with Crippen molar-refractivity contribution in [1.29, 1.82) is 0 Å². The number of aliphatic imine (C=N–C) groups is 1. The molecular weight excluding hydrogens is 489 g/mol. The van der Waals surface area contributed by atoms with Crippen LogP contribution in [0.1, 0.15) is 85.6 Å². The third-order valence-corrected chi connectivity index (χ3v) is 7.77. The molecule has 0 spiro atoms. The normalized spacial score (nSPS) is 19.9. The van der Waals surface area contributed by atoms with Crippen molar-refractivity contribution < 1.29 is 13.9 Å². The highest BCUT2D eigenvalue weighted by Crippen LogP contribution is 2.39. The minimum absolute atomic E-state index is 0.152. The number of nitrogens with zero attached hydrogens (tertiary/aromatic N) is 3.